The SMILES string of the molecule is C[C@@H]1CN(CC(=O)Nc2ccc(F)c(F)c2F)C[C@@H](C)O1. The largest absolute Gasteiger partial charge is 0.373 e. The van der Waals surface area contributed by atoms with Crippen LogP contribution >= 0.6 is 0 Å². The van der Waals surface area contributed by atoms with E-state index in [1.54, 1.807) is 0 Å². The molecular weight excluding hydrogens is 285 g/mol. The molecule has 1 amide bonds. The Bertz CT molecular complexity index is 529. The van der Waals surface area contributed by atoms with Crippen molar-refractivity contribution >= 4 is 11.6 Å². The summed E-state index contributed by atoms with van der Waals surface area (Å²) in [7, 11) is 0. The third kappa shape index (κ3) is 3.95. The molecule has 4 nitrogen and oxygen atoms in total. The van der Waals surface area contributed by atoms with Crippen LogP contribution in [0.1, 0.15) is 13.8 Å². The number of hydrogen-bond donors (Lipinski definition) is 1. The predicted molar refractivity (Wildman–Crippen MR) is 71.4 cm³/mol. The molecule has 1 saturated heterocycles. The molecule has 0 aliphatic carbocycles. The summed E-state index contributed by atoms with van der Waals surface area (Å²) in [6, 6.07) is 1.77. The lowest BCUT2D eigenvalue weighted by atomic mass is 10.2. The average Bonchev–Trinajstić information content (AvgIpc) is 2.38. The lowest BCUT2D eigenvalue weighted by Crippen LogP contribution is -2.48. The molecule has 2 atom stereocenters. The first-order valence-electron chi connectivity index (χ1n) is 6.68. The van der Waals surface area contributed by atoms with Gasteiger partial charge in [0, 0.05) is 13.1 Å². The molecule has 0 unspecified atom stereocenters. The Kier molecular flexibility index (Phi) is 4.84. The van der Waals surface area contributed by atoms with Crippen molar-refractivity contribution in [3.63, 3.8) is 0 Å². The molecule has 0 spiro atoms. The maximum Gasteiger partial charge on any atom is 0.238 e. The van der Waals surface area contributed by atoms with Gasteiger partial charge in [-0.05, 0) is 26.0 Å². The van der Waals surface area contributed by atoms with Crippen LogP contribution in [-0.4, -0.2) is 42.6 Å². The number of anilines is 1. The number of nitrogens with one attached hydrogen (secondary N) is 1. The molecule has 0 bridgehead atoms. The van der Waals surface area contributed by atoms with Gasteiger partial charge in [-0.25, -0.2) is 13.2 Å². The monoisotopic (exact) mass is 302 g/mol. The van der Waals surface area contributed by atoms with Crippen LogP contribution in [0.15, 0.2) is 12.1 Å². The fraction of sp³-hybridized carbons (Fsp3) is 0.500. The van der Waals surface area contributed by atoms with Gasteiger partial charge in [-0.2, -0.15) is 0 Å². The van der Waals surface area contributed by atoms with Crippen molar-refractivity contribution in [1.29, 1.82) is 0 Å². The van der Waals surface area contributed by atoms with E-state index in [0.717, 1.165) is 12.1 Å². The first-order chi connectivity index (χ1) is 9.86. The van der Waals surface area contributed by atoms with Crippen molar-refractivity contribution in [3.05, 3.63) is 29.6 Å². The molecule has 7 heteroatoms. The highest BCUT2D eigenvalue weighted by molar-refractivity contribution is 5.92. The third-order valence-electron chi connectivity index (χ3n) is 3.17. The van der Waals surface area contributed by atoms with E-state index in [0.29, 0.717) is 13.1 Å². The summed E-state index contributed by atoms with van der Waals surface area (Å²) in [6.45, 7) is 5.00. The fourth-order valence-corrected chi connectivity index (χ4v) is 2.43. The summed E-state index contributed by atoms with van der Waals surface area (Å²) in [5.41, 5.74) is -0.367. The number of halogens is 3. The van der Waals surface area contributed by atoms with E-state index in [4.69, 9.17) is 4.74 Å². The second-order valence-corrected chi connectivity index (χ2v) is 5.22. The van der Waals surface area contributed by atoms with Gasteiger partial charge in [-0.1, -0.05) is 0 Å². The molecule has 1 heterocycles. The molecule has 0 radical (unpaired) electrons. The van der Waals surface area contributed by atoms with E-state index in [2.05, 4.69) is 5.32 Å². The first kappa shape index (κ1) is 15.8. The smallest absolute Gasteiger partial charge is 0.238 e. The van der Waals surface area contributed by atoms with Gasteiger partial charge in [-0.3, -0.25) is 9.69 Å². The van der Waals surface area contributed by atoms with Gasteiger partial charge in [0.1, 0.15) is 0 Å². The lowest BCUT2D eigenvalue weighted by molar-refractivity contribution is -0.121. The number of nitrogens with zero attached hydrogens (tertiary/aromatic N) is 1. The van der Waals surface area contributed by atoms with Crippen molar-refractivity contribution in [2.45, 2.75) is 26.1 Å². The molecule has 1 fully saturated rings. The quantitative estimate of drug-likeness (QED) is 0.870. The van der Waals surface area contributed by atoms with Crippen LogP contribution in [-0.2, 0) is 9.53 Å². The molecule has 1 aliphatic rings. The van der Waals surface area contributed by atoms with Gasteiger partial charge in [0.05, 0.1) is 24.4 Å². The van der Waals surface area contributed by atoms with E-state index in [9.17, 15) is 18.0 Å². The zero-order valence-electron chi connectivity index (χ0n) is 11.8. The molecule has 21 heavy (non-hydrogen) atoms. The minimum absolute atomic E-state index is 0.00144. The minimum atomic E-state index is -1.60. The van der Waals surface area contributed by atoms with E-state index in [1.807, 2.05) is 18.7 Å². The van der Waals surface area contributed by atoms with Crippen LogP contribution in [0.4, 0.5) is 18.9 Å². The number of benzene rings is 1. The average molecular weight is 302 g/mol. The maximum absolute atomic E-state index is 13.5. The van der Waals surface area contributed by atoms with Crippen LogP contribution in [0.3, 0.4) is 0 Å². The zero-order chi connectivity index (χ0) is 15.6. The molecule has 0 aromatic heterocycles. The zero-order valence-corrected chi connectivity index (χ0v) is 11.8. The Hall–Kier alpha value is -1.60. The molecule has 1 aromatic carbocycles. The number of rotatable bonds is 3. The van der Waals surface area contributed by atoms with Crippen LogP contribution in [0, 0.1) is 17.5 Å². The molecule has 116 valence electrons. The third-order valence-corrected chi connectivity index (χ3v) is 3.17. The fourth-order valence-electron chi connectivity index (χ4n) is 2.43. The predicted octanol–water partition coefficient (Wildman–Crippen LogP) is 2.15. The number of hydrogen-bond acceptors (Lipinski definition) is 3. The van der Waals surface area contributed by atoms with Gasteiger partial charge in [0.2, 0.25) is 5.91 Å². The van der Waals surface area contributed by atoms with Crippen LogP contribution in [0.2, 0.25) is 0 Å². The van der Waals surface area contributed by atoms with Crippen molar-refractivity contribution in [2.75, 3.05) is 25.0 Å². The summed E-state index contributed by atoms with van der Waals surface area (Å²) in [5, 5.41) is 2.25. The van der Waals surface area contributed by atoms with Crippen molar-refractivity contribution in [2.24, 2.45) is 0 Å². The Labute approximate surface area is 120 Å². The first-order valence-corrected chi connectivity index (χ1v) is 6.68. The Morgan fingerprint density at radius 3 is 2.48 bits per heavy atom. The van der Waals surface area contributed by atoms with Crippen molar-refractivity contribution < 1.29 is 22.7 Å². The summed E-state index contributed by atoms with van der Waals surface area (Å²) in [6.07, 6.45) is 0.00287. The number of carbonyl (C=O) groups is 1. The molecule has 1 aromatic rings. The van der Waals surface area contributed by atoms with E-state index in [1.165, 1.54) is 0 Å². The maximum atomic E-state index is 13.5. The van der Waals surface area contributed by atoms with Crippen LogP contribution < -0.4 is 5.32 Å². The topological polar surface area (TPSA) is 41.6 Å². The summed E-state index contributed by atoms with van der Waals surface area (Å²) < 4.78 is 44.9. The highest BCUT2D eigenvalue weighted by Crippen LogP contribution is 2.19. The van der Waals surface area contributed by atoms with Crippen LogP contribution in [0.25, 0.3) is 0 Å². The standard InChI is InChI=1S/C14H17F3N2O2/c1-8-5-19(6-9(2)21-8)7-12(20)18-11-4-3-10(15)13(16)14(11)17/h3-4,8-9H,5-7H2,1-2H3,(H,18,20)/t8-,9-/m1/s1. The van der Waals surface area contributed by atoms with Gasteiger partial charge < -0.3 is 10.1 Å². The molecule has 1 aliphatic heterocycles. The second kappa shape index (κ2) is 6.44. The van der Waals surface area contributed by atoms with Crippen molar-refractivity contribution in [1.82, 2.24) is 4.90 Å². The van der Waals surface area contributed by atoms with Gasteiger partial charge >= 0.3 is 0 Å². The van der Waals surface area contributed by atoms with Crippen molar-refractivity contribution in [3.8, 4) is 0 Å². The summed E-state index contributed by atoms with van der Waals surface area (Å²) in [5.74, 6) is -4.77. The molecule has 0 saturated carbocycles. The van der Waals surface area contributed by atoms with Gasteiger partial charge in [-0.15, -0.1) is 0 Å². The molecule has 1 N–H and O–H groups in total. The van der Waals surface area contributed by atoms with E-state index >= 15 is 0 Å². The number of ether oxygens (including phenoxy) is 1. The summed E-state index contributed by atoms with van der Waals surface area (Å²) >= 11 is 0. The Balaban J connectivity index is 1.97. The Morgan fingerprint density at radius 2 is 1.86 bits per heavy atom. The molecule has 2 rings (SSSR count). The Morgan fingerprint density at radius 1 is 1.24 bits per heavy atom. The number of carbonyl (C=O) groups excluding carboxylic acids is 1. The normalized spacial score (nSPS) is 23.1. The van der Waals surface area contributed by atoms with E-state index < -0.39 is 23.4 Å². The van der Waals surface area contributed by atoms with Gasteiger partial charge in [0.25, 0.3) is 0 Å². The number of amides is 1. The second-order valence-electron chi connectivity index (χ2n) is 5.22. The highest BCUT2D eigenvalue weighted by atomic mass is 19.2. The van der Waals surface area contributed by atoms with Gasteiger partial charge in [0.15, 0.2) is 17.5 Å². The van der Waals surface area contributed by atoms with Crippen LogP contribution in [0.5, 0.6) is 0 Å². The summed E-state index contributed by atoms with van der Waals surface area (Å²) in [4.78, 5) is 13.7. The molecular formula is C14H17F3N2O2. The number of morpholine rings is 1. The lowest BCUT2D eigenvalue weighted by Gasteiger charge is -2.34. The van der Waals surface area contributed by atoms with E-state index in [-0.39, 0.29) is 24.4 Å². The minimum Gasteiger partial charge on any atom is -0.373 e. The highest BCUT2D eigenvalue weighted by Gasteiger charge is 2.24.